The van der Waals surface area contributed by atoms with Crippen LogP contribution >= 0.6 is 0 Å². The first-order chi connectivity index (χ1) is 5.61. The molecule has 0 aromatic heterocycles. The second kappa shape index (κ2) is 5.35. The van der Waals surface area contributed by atoms with Crippen molar-refractivity contribution in [2.24, 2.45) is 0 Å². The van der Waals surface area contributed by atoms with Crippen LogP contribution in [-0.4, -0.2) is 49.3 Å². The lowest BCUT2D eigenvalue weighted by molar-refractivity contribution is -0.126. The van der Waals surface area contributed by atoms with Crippen LogP contribution in [0.5, 0.6) is 0 Å². The zero-order valence-corrected chi connectivity index (χ0v) is 7.49. The summed E-state index contributed by atoms with van der Waals surface area (Å²) in [7, 11) is 3.34. The molecule has 0 aliphatic carbocycles. The smallest absolute Gasteiger partial charge is 0.245 e. The van der Waals surface area contributed by atoms with E-state index in [9.17, 15) is 9.59 Å². The maximum Gasteiger partial charge on any atom is 0.245 e. The highest BCUT2D eigenvalue weighted by Crippen LogP contribution is 1.86. The van der Waals surface area contributed by atoms with Crippen molar-refractivity contribution in [1.29, 1.82) is 0 Å². The van der Waals surface area contributed by atoms with Gasteiger partial charge in [-0.2, -0.15) is 0 Å². The van der Waals surface area contributed by atoms with Gasteiger partial charge >= 0.3 is 0 Å². The highest BCUT2D eigenvalue weighted by Gasteiger charge is 2.03. The molecule has 4 nitrogen and oxygen atoms in total. The van der Waals surface area contributed by atoms with Crippen molar-refractivity contribution in [3.63, 3.8) is 0 Å². The number of rotatable bonds is 5. The third-order valence-corrected chi connectivity index (χ3v) is 1.52. The molecule has 68 valence electrons. The van der Waals surface area contributed by atoms with Crippen LogP contribution in [0.25, 0.3) is 0 Å². The Morgan fingerprint density at radius 3 is 2.42 bits per heavy atom. The predicted molar refractivity (Wildman–Crippen MR) is 46.5 cm³/mol. The molecular formula is C8H14N2O2. The van der Waals surface area contributed by atoms with Crippen LogP contribution in [-0.2, 0) is 9.59 Å². The lowest BCUT2D eigenvalue weighted by atomic mass is 10.4. The van der Waals surface area contributed by atoms with Gasteiger partial charge in [0, 0.05) is 27.2 Å². The minimum Gasteiger partial charge on any atom is -0.347 e. The van der Waals surface area contributed by atoms with Crippen LogP contribution in [0.3, 0.4) is 0 Å². The summed E-state index contributed by atoms with van der Waals surface area (Å²) in [4.78, 5) is 24.1. The summed E-state index contributed by atoms with van der Waals surface area (Å²) in [5, 5.41) is 0. The van der Waals surface area contributed by atoms with Crippen molar-refractivity contribution < 1.29 is 9.59 Å². The Bertz CT molecular complexity index is 180. The molecule has 0 unspecified atom stereocenters. The number of carbonyl (C=O) groups excluding carboxylic acids is 2. The molecule has 0 N–H and O–H groups in total. The molecule has 0 spiro atoms. The normalized spacial score (nSPS) is 8.83. The van der Waals surface area contributed by atoms with Crippen LogP contribution < -0.4 is 0 Å². The molecule has 0 aliphatic heterocycles. The molecule has 0 saturated carbocycles. The van der Waals surface area contributed by atoms with Crippen LogP contribution in [0.2, 0.25) is 0 Å². The van der Waals surface area contributed by atoms with Gasteiger partial charge in [-0.15, -0.1) is 0 Å². The topological polar surface area (TPSA) is 40.6 Å². The Morgan fingerprint density at radius 2 is 2.00 bits per heavy atom. The maximum absolute atomic E-state index is 10.9. The molecule has 0 saturated heterocycles. The van der Waals surface area contributed by atoms with E-state index in [2.05, 4.69) is 6.58 Å². The van der Waals surface area contributed by atoms with Gasteiger partial charge in [0.2, 0.25) is 12.3 Å². The van der Waals surface area contributed by atoms with Gasteiger partial charge in [-0.25, -0.2) is 0 Å². The summed E-state index contributed by atoms with van der Waals surface area (Å²) in [6.45, 7) is 4.42. The van der Waals surface area contributed by atoms with Crippen LogP contribution in [0.4, 0.5) is 0 Å². The number of nitrogens with zero attached hydrogens (tertiary/aromatic N) is 2. The summed E-state index contributed by atoms with van der Waals surface area (Å²) >= 11 is 0. The highest BCUT2D eigenvalue weighted by molar-refractivity contribution is 5.86. The molecule has 0 bridgehead atoms. The van der Waals surface area contributed by atoms with E-state index in [4.69, 9.17) is 0 Å². The Kier molecular flexibility index (Phi) is 4.76. The van der Waals surface area contributed by atoms with E-state index in [-0.39, 0.29) is 5.91 Å². The average molecular weight is 170 g/mol. The van der Waals surface area contributed by atoms with Gasteiger partial charge in [-0.05, 0) is 6.08 Å². The van der Waals surface area contributed by atoms with E-state index in [1.165, 1.54) is 15.9 Å². The number of likely N-dealkylation sites (N-methyl/N-ethyl adjacent to an activating group) is 2. The highest BCUT2D eigenvalue weighted by atomic mass is 16.2. The van der Waals surface area contributed by atoms with Gasteiger partial charge in [0.05, 0.1) is 0 Å². The monoisotopic (exact) mass is 170 g/mol. The van der Waals surface area contributed by atoms with Crippen molar-refractivity contribution in [1.82, 2.24) is 9.80 Å². The lowest BCUT2D eigenvalue weighted by Gasteiger charge is -2.17. The fourth-order valence-electron chi connectivity index (χ4n) is 0.626. The second-order valence-electron chi connectivity index (χ2n) is 2.55. The fourth-order valence-corrected chi connectivity index (χ4v) is 0.626. The lowest BCUT2D eigenvalue weighted by Crippen LogP contribution is -2.33. The van der Waals surface area contributed by atoms with Crippen molar-refractivity contribution >= 4 is 12.3 Å². The Balaban J connectivity index is 3.70. The summed E-state index contributed by atoms with van der Waals surface area (Å²) in [5.41, 5.74) is 0. The van der Waals surface area contributed by atoms with E-state index in [1.54, 1.807) is 14.1 Å². The molecule has 0 atom stereocenters. The van der Waals surface area contributed by atoms with E-state index < -0.39 is 0 Å². The fraction of sp³-hybridized carbons (Fsp3) is 0.500. The molecule has 0 aromatic rings. The van der Waals surface area contributed by atoms with Gasteiger partial charge < -0.3 is 9.80 Å². The second-order valence-corrected chi connectivity index (χ2v) is 2.55. The molecule has 0 fully saturated rings. The number of hydrogen-bond donors (Lipinski definition) is 0. The van der Waals surface area contributed by atoms with Gasteiger partial charge in [0.1, 0.15) is 0 Å². The molecular weight excluding hydrogens is 156 g/mol. The van der Waals surface area contributed by atoms with Crippen molar-refractivity contribution in [2.45, 2.75) is 0 Å². The van der Waals surface area contributed by atoms with Crippen LogP contribution in [0.1, 0.15) is 0 Å². The quantitative estimate of drug-likeness (QED) is 0.420. The third-order valence-electron chi connectivity index (χ3n) is 1.52. The van der Waals surface area contributed by atoms with E-state index in [0.29, 0.717) is 13.1 Å². The largest absolute Gasteiger partial charge is 0.347 e. The third kappa shape index (κ3) is 3.75. The predicted octanol–water partition coefficient (Wildman–Crippen LogP) is -0.281. The average Bonchev–Trinajstić information content (AvgIpc) is 2.11. The first kappa shape index (κ1) is 10.7. The van der Waals surface area contributed by atoms with Crippen LogP contribution in [0.15, 0.2) is 12.7 Å². The SMILES string of the molecule is C=CC(=O)N(C)CCN(C)C=O. The minimum atomic E-state index is -0.130. The first-order valence-electron chi connectivity index (χ1n) is 3.65. The van der Waals surface area contributed by atoms with E-state index >= 15 is 0 Å². The molecule has 4 heteroatoms. The minimum absolute atomic E-state index is 0.130. The zero-order chi connectivity index (χ0) is 9.56. The standard InChI is InChI=1S/C8H14N2O2/c1-4-8(12)10(3)6-5-9(2)7-11/h4,7H,1,5-6H2,2-3H3. The van der Waals surface area contributed by atoms with Gasteiger partial charge in [-0.1, -0.05) is 6.58 Å². The van der Waals surface area contributed by atoms with E-state index in [1.807, 2.05) is 0 Å². The van der Waals surface area contributed by atoms with Crippen molar-refractivity contribution in [2.75, 3.05) is 27.2 Å². The Hall–Kier alpha value is -1.32. The Morgan fingerprint density at radius 1 is 1.42 bits per heavy atom. The van der Waals surface area contributed by atoms with Gasteiger partial charge in [0.25, 0.3) is 0 Å². The van der Waals surface area contributed by atoms with E-state index in [0.717, 1.165) is 6.41 Å². The Labute approximate surface area is 72.4 Å². The van der Waals surface area contributed by atoms with Crippen LogP contribution in [0, 0.1) is 0 Å². The summed E-state index contributed by atoms with van der Waals surface area (Å²) in [5.74, 6) is -0.130. The molecule has 0 radical (unpaired) electrons. The summed E-state index contributed by atoms with van der Waals surface area (Å²) in [6, 6.07) is 0. The number of amides is 2. The molecule has 0 aliphatic rings. The zero-order valence-electron chi connectivity index (χ0n) is 7.49. The molecule has 0 aromatic carbocycles. The molecule has 0 rings (SSSR count). The van der Waals surface area contributed by atoms with Crippen molar-refractivity contribution in [3.8, 4) is 0 Å². The van der Waals surface area contributed by atoms with Crippen molar-refractivity contribution in [3.05, 3.63) is 12.7 Å². The summed E-state index contributed by atoms with van der Waals surface area (Å²) in [6.07, 6.45) is 1.98. The van der Waals surface area contributed by atoms with Gasteiger partial charge in [0.15, 0.2) is 0 Å². The number of carbonyl (C=O) groups is 2. The first-order valence-corrected chi connectivity index (χ1v) is 3.65. The summed E-state index contributed by atoms with van der Waals surface area (Å²) < 4.78 is 0. The van der Waals surface area contributed by atoms with Gasteiger partial charge in [-0.3, -0.25) is 9.59 Å². The molecule has 12 heavy (non-hydrogen) atoms. The number of hydrogen-bond acceptors (Lipinski definition) is 2. The molecule has 0 heterocycles. The maximum atomic E-state index is 10.9. The molecule has 2 amide bonds.